The van der Waals surface area contributed by atoms with Crippen LogP contribution in [0.3, 0.4) is 0 Å². The van der Waals surface area contributed by atoms with E-state index in [0.29, 0.717) is 30.7 Å². The third-order valence-corrected chi connectivity index (χ3v) is 4.80. The van der Waals surface area contributed by atoms with Gasteiger partial charge in [-0.05, 0) is 74.3 Å². The molecular formula is C21H24FNO3. The Morgan fingerprint density at radius 2 is 2.04 bits per heavy atom. The largest absolute Gasteiger partial charge is 0.481 e. The van der Waals surface area contributed by atoms with E-state index < -0.39 is 5.97 Å². The number of hydrogen-bond donors (Lipinski definition) is 1. The molecule has 1 N–H and O–H groups in total. The van der Waals surface area contributed by atoms with Gasteiger partial charge in [-0.1, -0.05) is 12.1 Å². The molecule has 1 aliphatic carbocycles. The molecular weight excluding hydrogens is 333 g/mol. The fraction of sp³-hybridized carbons (Fsp3) is 0.429. The first kappa shape index (κ1) is 18.4. The van der Waals surface area contributed by atoms with E-state index in [-0.39, 0.29) is 18.3 Å². The molecule has 1 aromatic heterocycles. The minimum absolute atomic E-state index is 0.122. The minimum Gasteiger partial charge on any atom is -0.481 e. The van der Waals surface area contributed by atoms with Crippen molar-refractivity contribution in [3.63, 3.8) is 0 Å². The Morgan fingerprint density at radius 1 is 1.23 bits per heavy atom. The summed E-state index contributed by atoms with van der Waals surface area (Å²) in [6.07, 6.45) is 8.21. The number of halogens is 1. The van der Waals surface area contributed by atoms with E-state index in [9.17, 15) is 9.18 Å². The topological polar surface area (TPSA) is 59.4 Å². The van der Waals surface area contributed by atoms with E-state index in [1.165, 1.54) is 18.9 Å². The van der Waals surface area contributed by atoms with E-state index in [4.69, 9.17) is 9.84 Å². The van der Waals surface area contributed by atoms with E-state index in [2.05, 4.69) is 4.98 Å². The van der Waals surface area contributed by atoms with Crippen molar-refractivity contribution in [1.29, 1.82) is 0 Å². The second-order valence-corrected chi connectivity index (χ2v) is 6.79. The lowest BCUT2D eigenvalue weighted by Gasteiger charge is -2.15. The van der Waals surface area contributed by atoms with Gasteiger partial charge in [-0.2, -0.15) is 0 Å². The molecule has 5 heteroatoms. The van der Waals surface area contributed by atoms with Crippen molar-refractivity contribution in [2.24, 2.45) is 0 Å². The first-order valence-corrected chi connectivity index (χ1v) is 9.26. The summed E-state index contributed by atoms with van der Waals surface area (Å²) in [7, 11) is 0. The predicted molar refractivity (Wildman–Crippen MR) is 97.7 cm³/mol. The van der Waals surface area contributed by atoms with Gasteiger partial charge in [-0.25, -0.2) is 9.37 Å². The SMILES string of the molecule is O=C(O)CCCCc1ccc(-c2cccnc2OC2CCCC2)cc1F. The van der Waals surface area contributed by atoms with Crippen LogP contribution in [0, 0.1) is 5.82 Å². The van der Waals surface area contributed by atoms with Crippen LogP contribution in [-0.4, -0.2) is 22.2 Å². The van der Waals surface area contributed by atoms with Gasteiger partial charge >= 0.3 is 5.97 Å². The number of pyridine rings is 1. The molecule has 0 aliphatic heterocycles. The molecule has 0 saturated heterocycles. The third-order valence-electron chi connectivity index (χ3n) is 4.80. The summed E-state index contributed by atoms with van der Waals surface area (Å²) < 4.78 is 20.5. The molecule has 26 heavy (non-hydrogen) atoms. The number of benzene rings is 1. The molecule has 0 amide bonds. The Kier molecular flexibility index (Phi) is 6.21. The molecule has 1 fully saturated rings. The molecule has 1 aromatic carbocycles. The molecule has 1 aliphatic rings. The average molecular weight is 357 g/mol. The van der Waals surface area contributed by atoms with Gasteiger partial charge in [0.2, 0.25) is 5.88 Å². The zero-order valence-electron chi connectivity index (χ0n) is 14.8. The lowest BCUT2D eigenvalue weighted by Crippen LogP contribution is -2.12. The van der Waals surface area contributed by atoms with Gasteiger partial charge in [0, 0.05) is 18.2 Å². The fourth-order valence-corrected chi connectivity index (χ4v) is 3.38. The maximum absolute atomic E-state index is 14.5. The van der Waals surface area contributed by atoms with Crippen LogP contribution >= 0.6 is 0 Å². The van der Waals surface area contributed by atoms with Gasteiger partial charge in [0.15, 0.2) is 0 Å². The standard InChI is InChI=1S/C21H24FNO3/c22-19-14-16(12-11-15(19)6-1-4-10-20(24)25)18-9-5-13-23-21(18)26-17-7-2-3-8-17/h5,9,11-14,17H,1-4,6-8,10H2,(H,24,25). The second kappa shape index (κ2) is 8.79. The van der Waals surface area contributed by atoms with Crippen molar-refractivity contribution in [3.05, 3.63) is 47.9 Å². The number of aryl methyl sites for hydroxylation is 1. The first-order chi connectivity index (χ1) is 12.6. The van der Waals surface area contributed by atoms with Gasteiger partial charge in [-0.15, -0.1) is 0 Å². The summed E-state index contributed by atoms with van der Waals surface area (Å²) in [5.74, 6) is -0.520. The molecule has 0 unspecified atom stereocenters. The molecule has 0 atom stereocenters. The molecule has 0 spiro atoms. The Balaban J connectivity index is 1.71. The van der Waals surface area contributed by atoms with Crippen molar-refractivity contribution in [3.8, 4) is 17.0 Å². The predicted octanol–water partition coefficient (Wildman–Crippen LogP) is 5.01. The van der Waals surface area contributed by atoms with Crippen LogP contribution in [0.15, 0.2) is 36.5 Å². The number of rotatable bonds is 8. The lowest BCUT2D eigenvalue weighted by atomic mass is 10.0. The summed E-state index contributed by atoms with van der Waals surface area (Å²) in [5, 5.41) is 8.66. The average Bonchev–Trinajstić information content (AvgIpc) is 3.13. The van der Waals surface area contributed by atoms with Gasteiger partial charge < -0.3 is 9.84 Å². The quantitative estimate of drug-likeness (QED) is 0.675. The zero-order chi connectivity index (χ0) is 18.4. The third kappa shape index (κ3) is 4.81. The fourth-order valence-electron chi connectivity index (χ4n) is 3.38. The lowest BCUT2D eigenvalue weighted by molar-refractivity contribution is -0.137. The van der Waals surface area contributed by atoms with E-state index >= 15 is 0 Å². The smallest absolute Gasteiger partial charge is 0.303 e. The number of unbranched alkanes of at least 4 members (excludes halogenated alkanes) is 1. The summed E-state index contributed by atoms with van der Waals surface area (Å²) in [6.45, 7) is 0. The molecule has 3 rings (SSSR count). The highest BCUT2D eigenvalue weighted by molar-refractivity contribution is 5.69. The number of nitrogens with zero attached hydrogens (tertiary/aromatic N) is 1. The van der Waals surface area contributed by atoms with Crippen LogP contribution in [0.1, 0.15) is 50.5 Å². The van der Waals surface area contributed by atoms with Gasteiger partial charge in [0.25, 0.3) is 0 Å². The van der Waals surface area contributed by atoms with Crippen molar-refractivity contribution in [2.75, 3.05) is 0 Å². The molecule has 0 radical (unpaired) electrons. The van der Waals surface area contributed by atoms with Crippen molar-refractivity contribution >= 4 is 5.97 Å². The van der Waals surface area contributed by atoms with Gasteiger partial charge in [-0.3, -0.25) is 4.79 Å². The van der Waals surface area contributed by atoms with Crippen LogP contribution in [0.25, 0.3) is 11.1 Å². The monoisotopic (exact) mass is 357 g/mol. The van der Waals surface area contributed by atoms with Gasteiger partial charge in [0.1, 0.15) is 11.9 Å². The molecule has 2 aromatic rings. The van der Waals surface area contributed by atoms with E-state index in [0.717, 1.165) is 24.0 Å². The van der Waals surface area contributed by atoms with E-state index in [1.54, 1.807) is 12.3 Å². The number of carboxylic acid groups (broad SMARTS) is 1. The Bertz CT molecular complexity index is 757. The minimum atomic E-state index is -0.813. The maximum atomic E-state index is 14.5. The Hall–Kier alpha value is -2.43. The maximum Gasteiger partial charge on any atom is 0.303 e. The number of hydrogen-bond acceptors (Lipinski definition) is 3. The molecule has 138 valence electrons. The Labute approximate surface area is 153 Å². The highest BCUT2D eigenvalue weighted by atomic mass is 19.1. The molecule has 1 saturated carbocycles. The number of aliphatic carboxylic acids is 1. The second-order valence-electron chi connectivity index (χ2n) is 6.79. The Morgan fingerprint density at radius 3 is 2.77 bits per heavy atom. The summed E-state index contributed by atoms with van der Waals surface area (Å²) in [5.41, 5.74) is 2.16. The zero-order valence-corrected chi connectivity index (χ0v) is 14.8. The number of carbonyl (C=O) groups is 1. The van der Waals surface area contributed by atoms with Crippen LogP contribution in [0.2, 0.25) is 0 Å². The molecule has 0 bridgehead atoms. The molecule has 1 heterocycles. The number of aromatic nitrogens is 1. The van der Waals surface area contributed by atoms with Gasteiger partial charge in [0.05, 0.1) is 0 Å². The van der Waals surface area contributed by atoms with Crippen molar-refractivity contribution in [2.45, 2.75) is 57.5 Å². The summed E-state index contributed by atoms with van der Waals surface area (Å²) in [6, 6.07) is 8.91. The van der Waals surface area contributed by atoms with Crippen LogP contribution in [0.4, 0.5) is 4.39 Å². The van der Waals surface area contributed by atoms with E-state index in [1.807, 2.05) is 18.2 Å². The molecule has 4 nitrogen and oxygen atoms in total. The van der Waals surface area contributed by atoms with Crippen LogP contribution in [0.5, 0.6) is 5.88 Å². The normalized spacial score (nSPS) is 14.5. The van der Waals surface area contributed by atoms with Crippen molar-refractivity contribution < 1.29 is 19.0 Å². The number of carboxylic acids is 1. The highest BCUT2D eigenvalue weighted by Crippen LogP contribution is 2.32. The van der Waals surface area contributed by atoms with Crippen molar-refractivity contribution in [1.82, 2.24) is 4.98 Å². The van der Waals surface area contributed by atoms with Crippen LogP contribution in [-0.2, 0) is 11.2 Å². The summed E-state index contributed by atoms with van der Waals surface area (Å²) >= 11 is 0. The number of ether oxygens (including phenoxy) is 1. The first-order valence-electron chi connectivity index (χ1n) is 9.26. The van der Waals surface area contributed by atoms with Crippen LogP contribution < -0.4 is 4.74 Å². The summed E-state index contributed by atoms with van der Waals surface area (Å²) in [4.78, 5) is 14.9. The highest BCUT2D eigenvalue weighted by Gasteiger charge is 2.19.